The summed E-state index contributed by atoms with van der Waals surface area (Å²) < 4.78 is 1.86. The third kappa shape index (κ3) is 2.20. The van der Waals surface area contributed by atoms with Gasteiger partial charge in [0.05, 0.1) is 12.1 Å². The van der Waals surface area contributed by atoms with Gasteiger partial charge in [-0.25, -0.2) is 0 Å². The van der Waals surface area contributed by atoms with Crippen LogP contribution < -0.4 is 5.73 Å². The maximum atomic E-state index is 9.55. The molecule has 0 aliphatic heterocycles. The lowest BCUT2D eigenvalue weighted by molar-refractivity contribution is 0.159. The zero-order valence-corrected chi connectivity index (χ0v) is 9.91. The second-order valence-electron chi connectivity index (χ2n) is 4.04. The number of benzene rings is 1. The minimum Gasteiger partial charge on any atom is -0.391 e. The van der Waals surface area contributed by atoms with Crippen molar-refractivity contribution in [3.05, 3.63) is 42.0 Å². The first-order chi connectivity index (χ1) is 8.11. The fourth-order valence-corrected chi connectivity index (χ4v) is 1.71. The van der Waals surface area contributed by atoms with E-state index in [2.05, 4.69) is 10.2 Å². The Morgan fingerprint density at radius 1 is 1.24 bits per heavy atom. The van der Waals surface area contributed by atoms with Crippen molar-refractivity contribution >= 4 is 0 Å². The van der Waals surface area contributed by atoms with E-state index in [4.69, 9.17) is 5.73 Å². The molecule has 0 saturated carbocycles. The molecule has 0 aliphatic rings. The molecule has 3 N–H and O–H groups in total. The molecular weight excluding hydrogens is 216 g/mol. The van der Waals surface area contributed by atoms with Crippen LogP contribution in [-0.4, -0.2) is 26.0 Å². The van der Waals surface area contributed by atoms with E-state index >= 15 is 0 Å². The molecule has 0 fully saturated rings. The summed E-state index contributed by atoms with van der Waals surface area (Å²) in [7, 11) is 0. The van der Waals surface area contributed by atoms with Crippen LogP contribution in [0.3, 0.4) is 0 Å². The topological polar surface area (TPSA) is 77.0 Å². The Labute approximate surface area is 99.9 Å². The monoisotopic (exact) mass is 232 g/mol. The van der Waals surface area contributed by atoms with Crippen LogP contribution in [0, 0.1) is 6.92 Å². The quantitative estimate of drug-likeness (QED) is 0.826. The van der Waals surface area contributed by atoms with Crippen molar-refractivity contribution < 1.29 is 5.11 Å². The molecule has 0 spiro atoms. The van der Waals surface area contributed by atoms with E-state index in [1.54, 1.807) is 6.92 Å². The first-order valence-corrected chi connectivity index (χ1v) is 5.52. The average Bonchev–Trinajstić information content (AvgIpc) is 2.71. The van der Waals surface area contributed by atoms with Crippen LogP contribution in [0.4, 0.5) is 0 Å². The third-order valence-electron chi connectivity index (χ3n) is 2.68. The second-order valence-corrected chi connectivity index (χ2v) is 4.04. The minimum atomic E-state index is -0.666. The van der Waals surface area contributed by atoms with Gasteiger partial charge in [-0.05, 0) is 26.0 Å². The van der Waals surface area contributed by atoms with Gasteiger partial charge in [0, 0.05) is 5.69 Å². The number of aromatic nitrogens is 3. The van der Waals surface area contributed by atoms with Crippen LogP contribution in [0.2, 0.25) is 0 Å². The van der Waals surface area contributed by atoms with Crippen LogP contribution in [0.5, 0.6) is 0 Å². The summed E-state index contributed by atoms with van der Waals surface area (Å²) in [5.74, 6) is 1.33. The van der Waals surface area contributed by atoms with E-state index in [0.717, 1.165) is 11.5 Å². The molecule has 1 aromatic heterocycles. The molecule has 0 amide bonds. The first kappa shape index (κ1) is 11.8. The SMILES string of the molecule is Cc1nnc([C@@H](N)[C@@H](C)O)n1-c1ccccc1. The highest BCUT2D eigenvalue weighted by atomic mass is 16.3. The van der Waals surface area contributed by atoms with Gasteiger partial charge in [0.25, 0.3) is 0 Å². The molecule has 5 heteroatoms. The Bertz CT molecular complexity index is 492. The average molecular weight is 232 g/mol. The summed E-state index contributed by atoms with van der Waals surface area (Å²) in [6, 6.07) is 9.18. The molecule has 2 atom stereocenters. The van der Waals surface area contributed by atoms with Gasteiger partial charge in [-0.2, -0.15) is 0 Å². The predicted octanol–water partition coefficient (Wildman–Crippen LogP) is 0.956. The molecule has 1 heterocycles. The molecule has 0 saturated heterocycles. The summed E-state index contributed by atoms with van der Waals surface area (Å²) in [6.45, 7) is 3.50. The van der Waals surface area contributed by atoms with Crippen LogP contribution >= 0.6 is 0 Å². The van der Waals surface area contributed by atoms with Gasteiger partial charge in [-0.3, -0.25) is 4.57 Å². The maximum Gasteiger partial charge on any atom is 0.157 e. The fraction of sp³-hybridized carbons (Fsp3) is 0.333. The fourth-order valence-electron chi connectivity index (χ4n) is 1.71. The van der Waals surface area contributed by atoms with Crippen LogP contribution in [0.15, 0.2) is 30.3 Å². The van der Waals surface area contributed by atoms with Crippen LogP contribution in [-0.2, 0) is 0 Å². The van der Waals surface area contributed by atoms with Crippen molar-refractivity contribution in [2.24, 2.45) is 5.73 Å². The van der Waals surface area contributed by atoms with Gasteiger partial charge in [-0.1, -0.05) is 18.2 Å². The molecule has 2 rings (SSSR count). The molecule has 2 aromatic rings. The lowest BCUT2D eigenvalue weighted by Crippen LogP contribution is -2.26. The van der Waals surface area contributed by atoms with E-state index in [1.165, 1.54) is 0 Å². The zero-order chi connectivity index (χ0) is 12.4. The van der Waals surface area contributed by atoms with Crippen molar-refractivity contribution in [3.8, 4) is 5.69 Å². The van der Waals surface area contributed by atoms with Gasteiger partial charge in [0.1, 0.15) is 5.82 Å². The normalized spacial score (nSPS) is 14.6. The van der Waals surface area contributed by atoms with Crippen LogP contribution in [0.1, 0.15) is 24.6 Å². The van der Waals surface area contributed by atoms with Crippen molar-refractivity contribution in [3.63, 3.8) is 0 Å². The van der Waals surface area contributed by atoms with Crippen molar-refractivity contribution in [2.45, 2.75) is 26.0 Å². The Hall–Kier alpha value is -1.72. The standard InChI is InChI=1S/C12H16N4O/c1-8(17)11(13)12-15-14-9(2)16(12)10-6-4-3-5-7-10/h3-8,11,17H,13H2,1-2H3/t8-,11+/m1/s1. The summed E-state index contributed by atoms with van der Waals surface area (Å²) in [5.41, 5.74) is 6.86. The largest absolute Gasteiger partial charge is 0.391 e. The summed E-state index contributed by atoms with van der Waals surface area (Å²) in [4.78, 5) is 0. The Kier molecular flexibility index (Phi) is 3.21. The highest BCUT2D eigenvalue weighted by Gasteiger charge is 2.21. The van der Waals surface area contributed by atoms with Crippen molar-refractivity contribution in [1.29, 1.82) is 0 Å². The Balaban J connectivity index is 2.51. The number of aliphatic hydroxyl groups excluding tert-OH is 1. The van der Waals surface area contributed by atoms with Gasteiger partial charge in [0.15, 0.2) is 5.82 Å². The number of hydrogen-bond donors (Lipinski definition) is 2. The van der Waals surface area contributed by atoms with Crippen molar-refractivity contribution in [1.82, 2.24) is 14.8 Å². The van der Waals surface area contributed by atoms with Gasteiger partial charge in [-0.15, -0.1) is 10.2 Å². The number of hydrogen-bond acceptors (Lipinski definition) is 4. The number of para-hydroxylation sites is 1. The van der Waals surface area contributed by atoms with Gasteiger partial charge in [0.2, 0.25) is 0 Å². The maximum absolute atomic E-state index is 9.55. The van der Waals surface area contributed by atoms with Crippen molar-refractivity contribution in [2.75, 3.05) is 0 Å². The Morgan fingerprint density at radius 3 is 2.47 bits per heavy atom. The molecule has 0 unspecified atom stereocenters. The molecule has 90 valence electrons. The highest BCUT2D eigenvalue weighted by molar-refractivity contribution is 5.34. The number of nitrogens with two attached hydrogens (primary N) is 1. The molecule has 0 aliphatic carbocycles. The van der Waals surface area contributed by atoms with E-state index in [9.17, 15) is 5.11 Å². The molecular formula is C12H16N4O. The minimum absolute atomic E-state index is 0.545. The molecule has 5 nitrogen and oxygen atoms in total. The number of aliphatic hydroxyl groups is 1. The van der Waals surface area contributed by atoms with E-state index in [-0.39, 0.29) is 0 Å². The summed E-state index contributed by atoms with van der Waals surface area (Å²) in [6.07, 6.45) is -0.666. The van der Waals surface area contributed by atoms with E-state index in [0.29, 0.717) is 5.82 Å². The second kappa shape index (κ2) is 4.65. The molecule has 0 radical (unpaired) electrons. The first-order valence-electron chi connectivity index (χ1n) is 5.52. The summed E-state index contributed by atoms with van der Waals surface area (Å²) >= 11 is 0. The van der Waals surface area contributed by atoms with Crippen LogP contribution in [0.25, 0.3) is 5.69 Å². The lowest BCUT2D eigenvalue weighted by atomic mass is 10.2. The highest BCUT2D eigenvalue weighted by Crippen LogP contribution is 2.18. The molecule has 1 aromatic carbocycles. The van der Waals surface area contributed by atoms with E-state index < -0.39 is 12.1 Å². The predicted molar refractivity (Wildman–Crippen MR) is 64.7 cm³/mol. The van der Waals surface area contributed by atoms with Gasteiger partial charge >= 0.3 is 0 Å². The molecule has 17 heavy (non-hydrogen) atoms. The van der Waals surface area contributed by atoms with E-state index in [1.807, 2.05) is 41.8 Å². The lowest BCUT2D eigenvalue weighted by Gasteiger charge is -2.16. The summed E-state index contributed by atoms with van der Waals surface area (Å²) in [5, 5.41) is 17.6. The number of rotatable bonds is 3. The zero-order valence-electron chi connectivity index (χ0n) is 9.91. The van der Waals surface area contributed by atoms with Gasteiger partial charge < -0.3 is 10.8 Å². The number of nitrogens with zero attached hydrogens (tertiary/aromatic N) is 3. The molecule has 0 bridgehead atoms. The smallest absolute Gasteiger partial charge is 0.157 e. The Morgan fingerprint density at radius 2 is 1.88 bits per heavy atom. The third-order valence-corrected chi connectivity index (χ3v) is 2.68. The number of aryl methyl sites for hydroxylation is 1.